The Labute approximate surface area is 216 Å². The van der Waals surface area contributed by atoms with Crippen LogP contribution in [0.1, 0.15) is 16.8 Å². The number of phenolic OH excluding ortho intramolecular Hbond substituents is 1. The van der Waals surface area contributed by atoms with E-state index in [2.05, 4.69) is 4.72 Å². The summed E-state index contributed by atoms with van der Waals surface area (Å²) in [6.45, 7) is 0.170. The number of phenols is 1. The van der Waals surface area contributed by atoms with Crippen LogP contribution in [-0.2, 0) is 19.6 Å². The van der Waals surface area contributed by atoms with Gasteiger partial charge in [-0.2, -0.15) is 17.9 Å². The molecule has 0 bridgehead atoms. The fourth-order valence-electron chi connectivity index (χ4n) is 3.28. The standard InChI is InChI=1S/C19H16ClN3O5S2.C2HF3O2/c20-12-3-1-10-8-17(29-16(10)9-12)30(27,28)22-13-5-6-23(19(13)26)14-7-11(18(21)25)2-4-15(14)24;3-2(4,5)1(6)7/h1-4,7-9,13,22,24H,5-6H2,(H2,21,25);(H,6,7)/t13-;/m0./s1. The van der Waals surface area contributed by atoms with Gasteiger partial charge in [-0.15, -0.1) is 11.3 Å². The van der Waals surface area contributed by atoms with Crippen LogP contribution in [0, 0.1) is 0 Å². The number of amides is 2. The Kier molecular flexibility index (Phi) is 8.02. The molecule has 0 aliphatic carbocycles. The van der Waals surface area contributed by atoms with Crippen molar-refractivity contribution in [1.29, 1.82) is 0 Å². The highest BCUT2D eigenvalue weighted by Crippen LogP contribution is 2.34. The smallest absolute Gasteiger partial charge is 0.490 e. The third-order valence-corrected chi connectivity index (χ3v) is 8.30. The largest absolute Gasteiger partial charge is 0.506 e. The summed E-state index contributed by atoms with van der Waals surface area (Å²) in [6, 6.07) is 9.52. The van der Waals surface area contributed by atoms with E-state index in [1.54, 1.807) is 18.2 Å². The number of halogens is 4. The van der Waals surface area contributed by atoms with Crippen molar-refractivity contribution < 1.29 is 46.2 Å². The summed E-state index contributed by atoms with van der Waals surface area (Å²) in [4.78, 5) is 34.4. The second-order valence-electron chi connectivity index (χ2n) is 7.57. The van der Waals surface area contributed by atoms with Crippen molar-refractivity contribution in [2.75, 3.05) is 11.4 Å². The van der Waals surface area contributed by atoms with Crippen LogP contribution in [0.4, 0.5) is 18.9 Å². The number of carboxylic acid groups (broad SMARTS) is 1. The minimum atomic E-state index is -5.08. The molecule has 0 spiro atoms. The van der Waals surface area contributed by atoms with Crippen molar-refractivity contribution in [2.24, 2.45) is 5.73 Å². The summed E-state index contributed by atoms with van der Waals surface area (Å²) in [5.41, 5.74) is 5.49. The predicted molar refractivity (Wildman–Crippen MR) is 128 cm³/mol. The first-order valence-electron chi connectivity index (χ1n) is 10.1. The predicted octanol–water partition coefficient (Wildman–Crippen LogP) is 3.08. The molecule has 1 aliphatic rings. The molecule has 0 radical (unpaired) electrons. The summed E-state index contributed by atoms with van der Waals surface area (Å²) in [6.07, 6.45) is -4.88. The molecule has 1 fully saturated rings. The number of aliphatic carboxylic acids is 1. The zero-order valence-electron chi connectivity index (χ0n) is 18.3. The maximum absolute atomic E-state index is 12.8. The van der Waals surface area contributed by atoms with Crippen LogP contribution in [0.2, 0.25) is 5.02 Å². The van der Waals surface area contributed by atoms with Gasteiger partial charge < -0.3 is 20.8 Å². The van der Waals surface area contributed by atoms with Gasteiger partial charge in [-0.1, -0.05) is 17.7 Å². The molecule has 0 unspecified atom stereocenters. The van der Waals surface area contributed by atoms with E-state index in [0.29, 0.717) is 5.02 Å². The number of primary amides is 1. The van der Waals surface area contributed by atoms with Gasteiger partial charge in [0.2, 0.25) is 11.8 Å². The SMILES string of the molecule is NC(=O)c1ccc(O)c(N2CC[C@H](NS(=O)(=O)c3cc4ccc(Cl)cc4s3)C2=O)c1.O=C(O)C(F)(F)F. The average molecular weight is 580 g/mol. The van der Waals surface area contributed by atoms with Crippen molar-refractivity contribution >= 4 is 66.5 Å². The lowest BCUT2D eigenvalue weighted by Gasteiger charge is -2.19. The van der Waals surface area contributed by atoms with Crippen LogP contribution in [0.5, 0.6) is 5.75 Å². The lowest BCUT2D eigenvalue weighted by Crippen LogP contribution is -2.41. The number of carboxylic acids is 1. The van der Waals surface area contributed by atoms with Gasteiger partial charge in [0.15, 0.2) is 0 Å². The lowest BCUT2D eigenvalue weighted by molar-refractivity contribution is -0.192. The monoisotopic (exact) mass is 579 g/mol. The van der Waals surface area contributed by atoms with Crippen molar-refractivity contribution in [3.05, 3.63) is 53.1 Å². The molecule has 1 saturated heterocycles. The average Bonchev–Trinajstić information content (AvgIpc) is 3.37. The van der Waals surface area contributed by atoms with E-state index >= 15 is 0 Å². The summed E-state index contributed by atoms with van der Waals surface area (Å²) in [7, 11) is -3.95. The molecular formula is C21H17ClF3N3O7S2. The van der Waals surface area contributed by atoms with E-state index in [4.69, 9.17) is 27.2 Å². The fraction of sp³-hybridized carbons (Fsp3) is 0.190. The number of carbonyl (C=O) groups is 3. The number of sulfonamides is 1. The molecule has 4 rings (SSSR count). The van der Waals surface area contributed by atoms with Gasteiger partial charge in [0.25, 0.3) is 10.0 Å². The van der Waals surface area contributed by atoms with Gasteiger partial charge in [-0.05, 0) is 48.2 Å². The Bertz CT molecular complexity index is 1490. The minimum absolute atomic E-state index is 0.0737. The van der Waals surface area contributed by atoms with E-state index < -0.39 is 40.0 Å². The minimum Gasteiger partial charge on any atom is -0.506 e. The molecule has 2 heterocycles. The summed E-state index contributed by atoms with van der Waals surface area (Å²) >= 11 is 7.02. The Morgan fingerprint density at radius 3 is 2.41 bits per heavy atom. The third kappa shape index (κ3) is 6.49. The normalized spacial score (nSPS) is 15.9. The molecule has 1 atom stereocenters. The maximum atomic E-state index is 12.8. The number of anilines is 1. The van der Waals surface area contributed by atoms with Crippen LogP contribution in [0.25, 0.3) is 10.1 Å². The zero-order valence-corrected chi connectivity index (χ0v) is 20.7. The van der Waals surface area contributed by atoms with E-state index in [1.807, 2.05) is 0 Å². The first kappa shape index (κ1) is 28.2. The second kappa shape index (κ2) is 10.5. The number of hydrogen-bond acceptors (Lipinski definition) is 7. The van der Waals surface area contributed by atoms with Gasteiger partial charge in [0, 0.05) is 21.8 Å². The number of alkyl halides is 3. The number of aromatic hydroxyl groups is 1. The molecule has 37 heavy (non-hydrogen) atoms. The number of nitrogens with one attached hydrogen (secondary N) is 1. The van der Waals surface area contributed by atoms with E-state index in [1.165, 1.54) is 29.2 Å². The number of carbonyl (C=O) groups excluding carboxylic acids is 2. The number of thiophene rings is 1. The van der Waals surface area contributed by atoms with Crippen LogP contribution >= 0.6 is 22.9 Å². The summed E-state index contributed by atoms with van der Waals surface area (Å²) in [5, 5.41) is 18.5. The number of rotatable bonds is 5. The Balaban J connectivity index is 0.000000479. The van der Waals surface area contributed by atoms with Crippen molar-refractivity contribution in [1.82, 2.24) is 4.72 Å². The third-order valence-electron chi connectivity index (χ3n) is 5.02. The molecule has 198 valence electrons. The van der Waals surface area contributed by atoms with Crippen LogP contribution in [-0.4, -0.2) is 55.2 Å². The van der Waals surface area contributed by atoms with Crippen LogP contribution in [0.3, 0.4) is 0 Å². The Morgan fingerprint density at radius 2 is 1.81 bits per heavy atom. The van der Waals surface area contributed by atoms with Gasteiger partial charge in [0.1, 0.15) is 16.0 Å². The number of nitrogens with two attached hydrogens (primary N) is 1. The molecule has 5 N–H and O–H groups in total. The molecule has 2 aromatic carbocycles. The highest BCUT2D eigenvalue weighted by Gasteiger charge is 2.38. The van der Waals surface area contributed by atoms with Crippen LogP contribution in [0.15, 0.2) is 46.7 Å². The first-order valence-corrected chi connectivity index (χ1v) is 12.7. The van der Waals surface area contributed by atoms with E-state index in [-0.39, 0.29) is 34.2 Å². The van der Waals surface area contributed by atoms with Gasteiger partial charge >= 0.3 is 12.1 Å². The Morgan fingerprint density at radius 1 is 1.16 bits per heavy atom. The highest BCUT2D eigenvalue weighted by molar-refractivity contribution is 7.91. The number of benzene rings is 2. The van der Waals surface area contributed by atoms with Crippen LogP contribution < -0.4 is 15.4 Å². The topological polar surface area (TPSA) is 167 Å². The molecule has 2 amide bonds. The van der Waals surface area contributed by atoms with Crippen molar-refractivity contribution in [3.63, 3.8) is 0 Å². The van der Waals surface area contributed by atoms with Crippen molar-refractivity contribution in [3.8, 4) is 5.75 Å². The highest BCUT2D eigenvalue weighted by atomic mass is 35.5. The second-order valence-corrected chi connectivity index (χ2v) is 11.0. The molecule has 1 aromatic heterocycles. The van der Waals surface area contributed by atoms with Gasteiger partial charge in [-0.3, -0.25) is 9.59 Å². The number of nitrogens with zero attached hydrogens (tertiary/aromatic N) is 1. The van der Waals surface area contributed by atoms with Gasteiger partial charge in [-0.25, -0.2) is 13.2 Å². The molecule has 1 aliphatic heterocycles. The van der Waals surface area contributed by atoms with Crippen molar-refractivity contribution in [2.45, 2.75) is 22.8 Å². The molecule has 10 nitrogen and oxygen atoms in total. The van der Waals surface area contributed by atoms with E-state index in [0.717, 1.165) is 21.4 Å². The lowest BCUT2D eigenvalue weighted by atomic mass is 10.1. The van der Waals surface area contributed by atoms with Gasteiger partial charge in [0.05, 0.1) is 5.69 Å². The first-order chi connectivity index (χ1) is 17.1. The summed E-state index contributed by atoms with van der Waals surface area (Å²) < 4.78 is 60.6. The summed E-state index contributed by atoms with van der Waals surface area (Å²) in [5.74, 6) is -4.20. The zero-order chi connectivity index (χ0) is 27.7. The number of fused-ring (bicyclic) bond motifs is 1. The Hall–Kier alpha value is -3.40. The molecule has 16 heteroatoms. The maximum Gasteiger partial charge on any atom is 0.490 e. The fourth-order valence-corrected chi connectivity index (χ4v) is 6.19. The quantitative estimate of drug-likeness (QED) is 0.360. The molecule has 3 aromatic rings. The molecular weight excluding hydrogens is 563 g/mol. The van der Waals surface area contributed by atoms with E-state index in [9.17, 15) is 36.3 Å². The number of hydrogen-bond donors (Lipinski definition) is 4. The molecule has 0 saturated carbocycles.